The second kappa shape index (κ2) is 8.14. The zero-order valence-electron chi connectivity index (χ0n) is 15.5. The molecule has 4 rings (SSSR count). The van der Waals surface area contributed by atoms with Gasteiger partial charge in [0.05, 0.1) is 23.5 Å². The van der Waals surface area contributed by atoms with Crippen LogP contribution in [-0.4, -0.2) is 38.2 Å². The van der Waals surface area contributed by atoms with Crippen LogP contribution in [0.3, 0.4) is 0 Å². The molecule has 0 saturated heterocycles. The Morgan fingerprint density at radius 1 is 1.21 bits per heavy atom. The Balaban J connectivity index is 1.32. The SMILES string of the molecule is O=C(N[C@H]1C[C@H](C(=O)O)C1)c1cccc(COc2ccc(-c3ccn[nH]3)nc2)c1. The molecule has 3 aromatic rings. The number of ether oxygens (including phenoxy) is 1. The van der Waals surface area contributed by atoms with Crippen molar-refractivity contribution in [2.45, 2.75) is 25.5 Å². The average Bonchev–Trinajstić information content (AvgIpc) is 3.24. The molecule has 0 unspecified atom stereocenters. The topological polar surface area (TPSA) is 117 Å². The summed E-state index contributed by atoms with van der Waals surface area (Å²) in [4.78, 5) is 27.6. The Morgan fingerprint density at radius 3 is 2.76 bits per heavy atom. The van der Waals surface area contributed by atoms with Crippen LogP contribution in [-0.2, 0) is 11.4 Å². The lowest BCUT2D eigenvalue weighted by atomic mass is 9.80. The molecule has 1 fully saturated rings. The molecule has 0 atom stereocenters. The number of rotatable bonds is 7. The van der Waals surface area contributed by atoms with Crippen molar-refractivity contribution in [1.82, 2.24) is 20.5 Å². The number of carbonyl (C=O) groups is 2. The summed E-state index contributed by atoms with van der Waals surface area (Å²) in [5.74, 6) is -0.737. The number of nitrogens with zero attached hydrogens (tertiary/aromatic N) is 2. The fourth-order valence-corrected chi connectivity index (χ4v) is 3.20. The number of aromatic nitrogens is 3. The first-order valence-corrected chi connectivity index (χ1v) is 9.29. The van der Waals surface area contributed by atoms with Crippen molar-refractivity contribution in [1.29, 1.82) is 0 Å². The van der Waals surface area contributed by atoms with Gasteiger partial charge in [0, 0.05) is 17.8 Å². The number of H-pyrrole nitrogens is 1. The molecule has 1 saturated carbocycles. The van der Waals surface area contributed by atoms with Crippen molar-refractivity contribution in [2.24, 2.45) is 5.92 Å². The van der Waals surface area contributed by atoms with Gasteiger partial charge in [-0.05, 0) is 48.7 Å². The number of benzene rings is 1. The molecular formula is C21H20N4O4. The van der Waals surface area contributed by atoms with Crippen LogP contribution in [0.5, 0.6) is 5.75 Å². The van der Waals surface area contributed by atoms with Crippen LogP contribution in [0.1, 0.15) is 28.8 Å². The number of carboxylic acids is 1. The van der Waals surface area contributed by atoms with Crippen LogP contribution in [0.2, 0.25) is 0 Å². The summed E-state index contributed by atoms with van der Waals surface area (Å²) in [5.41, 5.74) is 2.98. The highest BCUT2D eigenvalue weighted by molar-refractivity contribution is 5.94. The highest BCUT2D eigenvalue weighted by atomic mass is 16.5. The van der Waals surface area contributed by atoms with Gasteiger partial charge in [0.1, 0.15) is 12.4 Å². The Labute approximate surface area is 166 Å². The predicted octanol–water partition coefficient (Wildman–Crippen LogP) is 2.64. The van der Waals surface area contributed by atoms with Gasteiger partial charge in [0.2, 0.25) is 0 Å². The molecule has 1 aliphatic carbocycles. The number of aromatic amines is 1. The van der Waals surface area contributed by atoms with Crippen LogP contribution >= 0.6 is 0 Å². The second-order valence-electron chi connectivity index (χ2n) is 7.02. The highest BCUT2D eigenvalue weighted by Gasteiger charge is 2.35. The molecule has 29 heavy (non-hydrogen) atoms. The van der Waals surface area contributed by atoms with Gasteiger partial charge in [-0.1, -0.05) is 12.1 Å². The van der Waals surface area contributed by atoms with Crippen molar-refractivity contribution < 1.29 is 19.4 Å². The first-order chi connectivity index (χ1) is 14.1. The van der Waals surface area contributed by atoms with E-state index in [0.29, 0.717) is 30.8 Å². The monoisotopic (exact) mass is 392 g/mol. The van der Waals surface area contributed by atoms with E-state index in [2.05, 4.69) is 20.5 Å². The van der Waals surface area contributed by atoms with Gasteiger partial charge in [0.25, 0.3) is 5.91 Å². The fourth-order valence-electron chi connectivity index (χ4n) is 3.20. The number of carbonyl (C=O) groups excluding carboxylic acids is 1. The lowest BCUT2D eigenvalue weighted by Gasteiger charge is -2.32. The number of carboxylic acid groups (broad SMARTS) is 1. The average molecular weight is 392 g/mol. The van der Waals surface area contributed by atoms with E-state index >= 15 is 0 Å². The van der Waals surface area contributed by atoms with E-state index in [1.807, 2.05) is 24.3 Å². The van der Waals surface area contributed by atoms with Crippen molar-refractivity contribution in [3.63, 3.8) is 0 Å². The van der Waals surface area contributed by atoms with Crippen LogP contribution < -0.4 is 10.1 Å². The van der Waals surface area contributed by atoms with E-state index in [1.54, 1.807) is 30.6 Å². The molecule has 148 valence electrons. The molecular weight excluding hydrogens is 372 g/mol. The summed E-state index contributed by atoms with van der Waals surface area (Å²) in [7, 11) is 0. The number of amides is 1. The number of hydrogen-bond donors (Lipinski definition) is 3. The quantitative estimate of drug-likeness (QED) is 0.569. The number of hydrogen-bond acceptors (Lipinski definition) is 5. The molecule has 1 amide bonds. The van der Waals surface area contributed by atoms with E-state index in [4.69, 9.17) is 9.84 Å². The minimum atomic E-state index is -0.804. The maximum absolute atomic E-state index is 12.4. The van der Waals surface area contributed by atoms with E-state index < -0.39 is 5.97 Å². The van der Waals surface area contributed by atoms with Crippen molar-refractivity contribution in [3.05, 3.63) is 66.0 Å². The molecule has 0 spiro atoms. The normalized spacial score (nSPS) is 17.9. The summed E-state index contributed by atoms with van der Waals surface area (Å²) in [6, 6.07) is 12.6. The van der Waals surface area contributed by atoms with Gasteiger partial charge in [0.15, 0.2) is 0 Å². The third-order valence-corrected chi connectivity index (χ3v) is 4.93. The third-order valence-electron chi connectivity index (χ3n) is 4.93. The highest BCUT2D eigenvalue weighted by Crippen LogP contribution is 2.27. The van der Waals surface area contributed by atoms with Gasteiger partial charge >= 0.3 is 5.97 Å². The Bertz CT molecular complexity index is 996. The maximum Gasteiger partial charge on any atom is 0.306 e. The number of aliphatic carboxylic acids is 1. The maximum atomic E-state index is 12.4. The smallest absolute Gasteiger partial charge is 0.306 e. The summed E-state index contributed by atoms with van der Waals surface area (Å²) in [6.45, 7) is 0.302. The van der Waals surface area contributed by atoms with Crippen LogP contribution in [0, 0.1) is 5.92 Å². The van der Waals surface area contributed by atoms with E-state index in [0.717, 1.165) is 17.0 Å². The van der Waals surface area contributed by atoms with Gasteiger partial charge in [-0.2, -0.15) is 5.10 Å². The molecule has 2 aromatic heterocycles. The van der Waals surface area contributed by atoms with Crippen LogP contribution in [0.4, 0.5) is 0 Å². The van der Waals surface area contributed by atoms with Crippen molar-refractivity contribution in [2.75, 3.05) is 0 Å². The lowest BCUT2D eigenvalue weighted by molar-refractivity contribution is -0.145. The molecule has 8 heteroatoms. The third kappa shape index (κ3) is 4.43. The fraction of sp³-hybridized carbons (Fsp3) is 0.238. The largest absolute Gasteiger partial charge is 0.487 e. The van der Waals surface area contributed by atoms with Gasteiger partial charge in [-0.15, -0.1) is 0 Å². The molecule has 1 aromatic carbocycles. The van der Waals surface area contributed by atoms with Gasteiger partial charge < -0.3 is 15.2 Å². The van der Waals surface area contributed by atoms with Crippen LogP contribution in [0.15, 0.2) is 54.9 Å². The lowest BCUT2D eigenvalue weighted by Crippen LogP contribution is -2.46. The first kappa shape index (κ1) is 18.7. The van der Waals surface area contributed by atoms with Crippen molar-refractivity contribution in [3.8, 4) is 17.1 Å². The summed E-state index contributed by atoms with van der Waals surface area (Å²) >= 11 is 0. The molecule has 3 N–H and O–H groups in total. The molecule has 0 radical (unpaired) electrons. The zero-order valence-corrected chi connectivity index (χ0v) is 15.5. The number of nitrogens with one attached hydrogen (secondary N) is 2. The van der Waals surface area contributed by atoms with Crippen LogP contribution in [0.25, 0.3) is 11.4 Å². The Morgan fingerprint density at radius 2 is 2.07 bits per heavy atom. The Kier molecular flexibility index (Phi) is 5.24. The second-order valence-corrected chi connectivity index (χ2v) is 7.02. The minimum Gasteiger partial charge on any atom is -0.487 e. The van der Waals surface area contributed by atoms with Crippen molar-refractivity contribution >= 4 is 11.9 Å². The predicted molar refractivity (Wildman–Crippen MR) is 104 cm³/mol. The van der Waals surface area contributed by atoms with Gasteiger partial charge in [-0.25, -0.2) is 0 Å². The summed E-state index contributed by atoms with van der Waals surface area (Å²) < 4.78 is 5.77. The molecule has 2 heterocycles. The zero-order chi connectivity index (χ0) is 20.2. The molecule has 8 nitrogen and oxygen atoms in total. The van der Waals surface area contributed by atoms with E-state index in [1.165, 1.54) is 0 Å². The van der Waals surface area contributed by atoms with Gasteiger partial charge in [-0.3, -0.25) is 19.7 Å². The molecule has 0 aliphatic heterocycles. The molecule has 0 bridgehead atoms. The minimum absolute atomic E-state index is 0.0806. The summed E-state index contributed by atoms with van der Waals surface area (Å²) in [5, 5.41) is 18.6. The first-order valence-electron chi connectivity index (χ1n) is 9.29. The Hall–Kier alpha value is -3.68. The standard InChI is InChI=1S/C21H20N4O4/c26-20(24-16-9-15(10-16)21(27)28)14-3-1-2-13(8-14)12-29-17-4-5-18(22-11-17)19-6-7-23-25-19/h1-8,11,15-16H,9-10,12H2,(H,23,25)(H,24,26)(H,27,28)/t15-,16-. The van der Waals surface area contributed by atoms with E-state index in [9.17, 15) is 9.59 Å². The van der Waals surface area contributed by atoms with E-state index in [-0.39, 0.29) is 17.9 Å². The summed E-state index contributed by atoms with van der Waals surface area (Å²) in [6.07, 6.45) is 4.26. The molecule has 1 aliphatic rings. The number of pyridine rings is 1.